The quantitative estimate of drug-likeness (QED) is 0.842. The van der Waals surface area contributed by atoms with E-state index in [4.69, 9.17) is 9.84 Å². The number of carboxylic acids is 1. The van der Waals surface area contributed by atoms with Crippen LogP contribution in [0.5, 0.6) is 0 Å². The zero-order valence-electron chi connectivity index (χ0n) is 12.8. The van der Waals surface area contributed by atoms with Crippen LogP contribution < -0.4 is 0 Å². The molecule has 1 fully saturated rings. The zero-order valence-corrected chi connectivity index (χ0v) is 14.4. The Kier molecular flexibility index (Phi) is 6.12. The average molecular weight is 388 g/mol. The molecule has 126 valence electrons. The normalized spacial score (nSPS) is 19.4. The van der Waals surface area contributed by atoms with E-state index in [0.29, 0.717) is 30.6 Å². The molecule has 0 spiro atoms. The highest BCUT2D eigenvalue weighted by atomic mass is 79.9. The van der Waals surface area contributed by atoms with E-state index in [1.165, 1.54) is 6.07 Å². The van der Waals surface area contributed by atoms with Gasteiger partial charge in [0, 0.05) is 19.0 Å². The number of carbonyl (C=O) groups excluding carboxylic acids is 1. The van der Waals surface area contributed by atoms with Crippen LogP contribution in [0.15, 0.2) is 22.7 Å². The van der Waals surface area contributed by atoms with E-state index in [1.54, 1.807) is 17.0 Å². The Morgan fingerprint density at radius 1 is 1.52 bits per heavy atom. The zero-order chi connectivity index (χ0) is 17.0. The molecule has 0 aromatic heterocycles. The number of nitrogens with zero attached hydrogens (tertiary/aromatic N) is 1. The Balaban J connectivity index is 1.95. The van der Waals surface area contributed by atoms with Gasteiger partial charge in [-0.3, -0.25) is 9.59 Å². The second-order valence-electron chi connectivity index (χ2n) is 5.73. The Morgan fingerprint density at radius 2 is 2.26 bits per heavy atom. The fourth-order valence-electron chi connectivity index (χ4n) is 2.66. The molecule has 23 heavy (non-hydrogen) atoms. The largest absolute Gasteiger partial charge is 0.481 e. The Labute approximate surface area is 142 Å². The van der Waals surface area contributed by atoms with Crippen molar-refractivity contribution in [2.75, 3.05) is 19.7 Å². The maximum absolute atomic E-state index is 13.2. The highest BCUT2D eigenvalue weighted by Crippen LogP contribution is 2.20. The Morgan fingerprint density at radius 3 is 2.91 bits per heavy atom. The van der Waals surface area contributed by atoms with Crippen molar-refractivity contribution in [3.8, 4) is 0 Å². The molecule has 5 nitrogen and oxygen atoms in total. The van der Waals surface area contributed by atoms with Gasteiger partial charge in [0.1, 0.15) is 5.82 Å². The molecule has 1 aliphatic heterocycles. The number of hydrogen-bond acceptors (Lipinski definition) is 3. The van der Waals surface area contributed by atoms with Gasteiger partial charge >= 0.3 is 5.97 Å². The number of amides is 1. The van der Waals surface area contributed by atoms with Gasteiger partial charge in [-0.05, 0) is 40.0 Å². The molecule has 1 aromatic carbocycles. The number of benzene rings is 1. The van der Waals surface area contributed by atoms with E-state index in [9.17, 15) is 14.0 Å². The predicted molar refractivity (Wildman–Crippen MR) is 85.5 cm³/mol. The summed E-state index contributed by atoms with van der Waals surface area (Å²) in [6.45, 7) is 2.93. The van der Waals surface area contributed by atoms with E-state index in [0.717, 1.165) is 5.56 Å². The number of carbonyl (C=O) groups is 2. The van der Waals surface area contributed by atoms with E-state index >= 15 is 0 Å². The molecule has 0 aliphatic carbocycles. The Bertz CT molecular complexity index is 595. The second-order valence-corrected chi connectivity index (χ2v) is 6.58. The number of halogens is 2. The minimum atomic E-state index is -0.937. The van der Waals surface area contributed by atoms with Gasteiger partial charge in [-0.25, -0.2) is 4.39 Å². The SMILES string of the molecule is C[C@@H](Cc1ccc(F)c(Br)c1)C(=O)N1CCO[C@@H](CC(=O)O)C1. The number of rotatable bonds is 5. The maximum Gasteiger partial charge on any atom is 0.306 e. The summed E-state index contributed by atoms with van der Waals surface area (Å²) in [4.78, 5) is 24.9. The summed E-state index contributed by atoms with van der Waals surface area (Å²) in [7, 11) is 0. The van der Waals surface area contributed by atoms with E-state index in [-0.39, 0.29) is 24.1 Å². The van der Waals surface area contributed by atoms with Gasteiger partial charge in [-0.2, -0.15) is 0 Å². The summed E-state index contributed by atoms with van der Waals surface area (Å²) in [6.07, 6.45) is -0.0702. The molecule has 1 heterocycles. The molecule has 7 heteroatoms. The lowest BCUT2D eigenvalue weighted by molar-refractivity contribution is -0.149. The van der Waals surface area contributed by atoms with Crippen LogP contribution >= 0.6 is 15.9 Å². The topological polar surface area (TPSA) is 66.8 Å². The molecule has 0 unspecified atom stereocenters. The van der Waals surface area contributed by atoms with Gasteiger partial charge in [0.15, 0.2) is 0 Å². The lowest BCUT2D eigenvalue weighted by atomic mass is 9.99. The third-order valence-corrected chi connectivity index (χ3v) is 4.41. The molecular weight excluding hydrogens is 369 g/mol. The molecule has 2 rings (SSSR count). The summed E-state index contributed by atoms with van der Waals surface area (Å²) in [5.74, 6) is -1.58. The van der Waals surface area contributed by atoms with Crippen molar-refractivity contribution in [3.05, 3.63) is 34.1 Å². The summed E-state index contributed by atoms with van der Waals surface area (Å²) >= 11 is 3.14. The van der Waals surface area contributed by atoms with Crippen LogP contribution in [0.2, 0.25) is 0 Å². The molecule has 2 atom stereocenters. The van der Waals surface area contributed by atoms with Crippen molar-refractivity contribution in [2.45, 2.75) is 25.9 Å². The van der Waals surface area contributed by atoms with Crippen molar-refractivity contribution in [1.82, 2.24) is 4.90 Å². The first-order valence-corrected chi connectivity index (χ1v) is 8.22. The number of hydrogen-bond donors (Lipinski definition) is 1. The third-order valence-electron chi connectivity index (χ3n) is 3.80. The molecule has 1 saturated heterocycles. The molecule has 1 amide bonds. The molecule has 1 aliphatic rings. The summed E-state index contributed by atoms with van der Waals surface area (Å²) in [5.41, 5.74) is 0.870. The van der Waals surface area contributed by atoms with Crippen molar-refractivity contribution in [3.63, 3.8) is 0 Å². The number of ether oxygens (including phenoxy) is 1. The molecular formula is C16H19BrFNO4. The van der Waals surface area contributed by atoms with E-state index in [1.807, 2.05) is 6.92 Å². The van der Waals surface area contributed by atoms with Crippen molar-refractivity contribution >= 4 is 27.8 Å². The highest BCUT2D eigenvalue weighted by molar-refractivity contribution is 9.10. The van der Waals surface area contributed by atoms with Crippen LogP contribution in [-0.2, 0) is 20.7 Å². The van der Waals surface area contributed by atoms with Gasteiger partial charge in [-0.15, -0.1) is 0 Å². The van der Waals surface area contributed by atoms with E-state index < -0.39 is 12.1 Å². The first kappa shape index (κ1) is 17.9. The molecule has 0 saturated carbocycles. The van der Waals surface area contributed by atoms with Crippen LogP contribution in [0.4, 0.5) is 4.39 Å². The first-order valence-electron chi connectivity index (χ1n) is 7.43. The minimum Gasteiger partial charge on any atom is -0.481 e. The number of morpholine rings is 1. The molecule has 1 aromatic rings. The van der Waals surface area contributed by atoms with Gasteiger partial charge < -0.3 is 14.7 Å². The van der Waals surface area contributed by atoms with Gasteiger partial charge in [0.05, 0.1) is 23.6 Å². The van der Waals surface area contributed by atoms with Crippen molar-refractivity contribution in [2.24, 2.45) is 5.92 Å². The fraction of sp³-hybridized carbons (Fsp3) is 0.500. The molecule has 1 N–H and O–H groups in total. The van der Waals surface area contributed by atoms with Gasteiger partial charge in [0.25, 0.3) is 0 Å². The lowest BCUT2D eigenvalue weighted by Gasteiger charge is -2.34. The standard InChI is InChI=1S/C16H19BrFNO4/c1-10(6-11-2-3-14(18)13(17)7-11)16(22)19-4-5-23-12(9-19)8-15(20)21/h2-3,7,10,12H,4-6,8-9H2,1H3,(H,20,21)/t10-,12-/m0/s1. The molecule has 0 bridgehead atoms. The lowest BCUT2D eigenvalue weighted by Crippen LogP contribution is -2.48. The number of carboxylic acid groups (broad SMARTS) is 1. The van der Waals surface area contributed by atoms with Crippen molar-refractivity contribution in [1.29, 1.82) is 0 Å². The third kappa shape index (κ3) is 5.00. The summed E-state index contributed by atoms with van der Waals surface area (Å²) < 4.78 is 19.0. The van der Waals surface area contributed by atoms with Gasteiger partial charge in [0.2, 0.25) is 5.91 Å². The predicted octanol–water partition coefficient (Wildman–Crippen LogP) is 2.47. The fourth-order valence-corrected chi connectivity index (χ4v) is 3.08. The summed E-state index contributed by atoms with van der Waals surface area (Å²) in [6, 6.07) is 4.70. The number of aliphatic carboxylic acids is 1. The molecule has 0 radical (unpaired) electrons. The monoisotopic (exact) mass is 387 g/mol. The average Bonchev–Trinajstić information content (AvgIpc) is 2.49. The highest BCUT2D eigenvalue weighted by Gasteiger charge is 2.28. The summed E-state index contributed by atoms with van der Waals surface area (Å²) in [5, 5.41) is 8.82. The van der Waals surface area contributed by atoms with Gasteiger partial charge in [-0.1, -0.05) is 13.0 Å². The van der Waals surface area contributed by atoms with E-state index in [2.05, 4.69) is 15.9 Å². The van der Waals surface area contributed by atoms with Crippen LogP contribution in [0.3, 0.4) is 0 Å². The van der Waals surface area contributed by atoms with Crippen LogP contribution in [-0.4, -0.2) is 47.7 Å². The van der Waals surface area contributed by atoms with Crippen LogP contribution in [0.1, 0.15) is 18.9 Å². The maximum atomic E-state index is 13.2. The Hall–Kier alpha value is -1.47. The second kappa shape index (κ2) is 7.88. The van der Waals surface area contributed by atoms with Crippen LogP contribution in [0, 0.1) is 11.7 Å². The minimum absolute atomic E-state index is 0.0378. The van der Waals surface area contributed by atoms with Crippen LogP contribution in [0.25, 0.3) is 0 Å². The first-order chi connectivity index (χ1) is 10.9. The smallest absolute Gasteiger partial charge is 0.306 e. The van der Waals surface area contributed by atoms with Crippen molar-refractivity contribution < 1.29 is 23.8 Å².